The van der Waals surface area contributed by atoms with E-state index in [1.54, 1.807) is 12.3 Å². The summed E-state index contributed by atoms with van der Waals surface area (Å²) >= 11 is 0. The van der Waals surface area contributed by atoms with Gasteiger partial charge in [0.25, 0.3) is 0 Å². The van der Waals surface area contributed by atoms with Gasteiger partial charge in [0.1, 0.15) is 11.6 Å². The molecule has 0 fully saturated rings. The molecule has 130 valence electrons. The molecule has 2 heterocycles. The maximum atomic E-state index is 14.2. The van der Waals surface area contributed by atoms with Gasteiger partial charge in [-0.2, -0.15) is 0 Å². The third-order valence-electron chi connectivity index (χ3n) is 4.61. The molecule has 5 heteroatoms. The van der Waals surface area contributed by atoms with Crippen molar-refractivity contribution in [1.82, 2.24) is 15.0 Å². The molecule has 2 aromatic carbocycles. The minimum atomic E-state index is -0.301. The standard InChI is InChI=1S/C21H19FN4/c1-2-13-3-5-14(6-4-13)20-25-19-17(9-10-24-21(19)26-20)15-7-8-16(12-23)18(22)11-15/h3-11H,2,12,23H2,1H3,(H,24,25,26). The summed E-state index contributed by atoms with van der Waals surface area (Å²) in [5, 5.41) is 0. The Kier molecular flexibility index (Phi) is 4.22. The minimum absolute atomic E-state index is 0.180. The van der Waals surface area contributed by atoms with E-state index >= 15 is 0 Å². The van der Waals surface area contributed by atoms with Gasteiger partial charge < -0.3 is 10.7 Å². The first-order valence-electron chi connectivity index (χ1n) is 8.62. The van der Waals surface area contributed by atoms with Gasteiger partial charge in [-0.3, -0.25) is 0 Å². The van der Waals surface area contributed by atoms with Crippen molar-refractivity contribution in [1.29, 1.82) is 0 Å². The molecule has 0 bridgehead atoms. The third-order valence-corrected chi connectivity index (χ3v) is 4.61. The first-order chi connectivity index (χ1) is 12.7. The molecule has 4 rings (SSSR count). The molecule has 2 aromatic heterocycles. The van der Waals surface area contributed by atoms with Crippen LogP contribution in [-0.4, -0.2) is 15.0 Å². The molecule has 0 saturated heterocycles. The first kappa shape index (κ1) is 16.4. The molecule has 0 radical (unpaired) electrons. The van der Waals surface area contributed by atoms with Crippen LogP contribution in [0.15, 0.2) is 54.7 Å². The molecular weight excluding hydrogens is 327 g/mol. The summed E-state index contributed by atoms with van der Waals surface area (Å²) in [5.74, 6) is 0.450. The number of pyridine rings is 1. The average Bonchev–Trinajstić information content (AvgIpc) is 3.12. The van der Waals surface area contributed by atoms with Crippen LogP contribution >= 0.6 is 0 Å². The fourth-order valence-corrected chi connectivity index (χ4v) is 3.07. The van der Waals surface area contributed by atoms with Crippen molar-refractivity contribution in [2.45, 2.75) is 19.9 Å². The highest BCUT2D eigenvalue weighted by Crippen LogP contribution is 2.29. The molecule has 3 N–H and O–H groups in total. The number of hydrogen-bond donors (Lipinski definition) is 2. The van der Waals surface area contributed by atoms with Crippen LogP contribution in [0.25, 0.3) is 33.7 Å². The summed E-state index contributed by atoms with van der Waals surface area (Å²) in [7, 11) is 0. The Hall–Kier alpha value is -3.05. The van der Waals surface area contributed by atoms with Crippen molar-refractivity contribution < 1.29 is 4.39 Å². The molecule has 0 aliphatic carbocycles. The number of aryl methyl sites for hydroxylation is 1. The molecule has 0 aliphatic heterocycles. The van der Waals surface area contributed by atoms with Crippen LogP contribution in [0.5, 0.6) is 0 Å². The van der Waals surface area contributed by atoms with Gasteiger partial charge in [-0.1, -0.05) is 43.3 Å². The summed E-state index contributed by atoms with van der Waals surface area (Å²) in [6.07, 6.45) is 2.69. The van der Waals surface area contributed by atoms with Gasteiger partial charge in [0, 0.05) is 29.4 Å². The zero-order valence-electron chi connectivity index (χ0n) is 14.5. The molecule has 0 saturated carbocycles. The van der Waals surface area contributed by atoms with Crippen LogP contribution in [0.1, 0.15) is 18.1 Å². The number of rotatable bonds is 4. The van der Waals surface area contributed by atoms with E-state index in [1.165, 1.54) is 11.6 Å². The number of nitrogens with two attached hydrogens (primary N) is 1. The predicted octanol–water partition coefficient (Wildman–Crippen LogP) is 4.45. The lowest BCUT2D eigenvalue weighted by Gasteiger charge is -2.05. The molecule has 0 amide bonds. The Morgan fingerprint density at radius 2 is 1.81 bits per heavy atom. The second kappa shape index (κ2) is 6.69. The highest BCUT2D eigenvalue weighted by atomic mass is 19.1. The normalized spacial score (nSPS) is 11.2. The highest BCUT2D eigenvalue weighted by molar-refractivity contribution is 5.91. The number of nitrogens with zero attached hydrogens (tertiary/aromatic N) is 2. The number of hydrogen-bond acceptors (Lipinski definition) is 3. The topological polar surface area (TPSA) is 67.6 Å². The summed E-state index contributed by atoms with van der Waals surface area (Å²) in [4.78, 5) is 12.3. The zero-order valence-corrected chi connectivity index (χ0v) is 14.5. The van der Waals surface area contributed by atoms with Crippen molar-refractivity contribution in [3.8, 4) is 22.5 Å². The Labute approximate surface area is 150 Å². The summed E-state index contributed by atoms with van der Waals surface area (Å²) in [5.41, 5.74) is 11.4. The van der Waals surface area contributed by atoms with E-state index in [0.717, 1.165) is 34.5 Å². The van der Waals surface area contributed by atoms with E-state index in [0.29, 0.717) is 11.2 Å². The second-order valence-corrected chi connectivity index (χ2v) is 6.20. The number of aromatic amines is 1. The lowest BCUT2D eigenvalue weighted by atomic mass is 10.0. The average molecular weight is 346 g/mol. The number of H-pyrrole nitrogens is 1. The maximum Gasteiger partial charge on any atom is 0.178 e. The smallest absolute Gasteiger partial charge is 0.178 e. The van der Waals surface area contributed by atoms with Gasteiger partial charge in [-0.15, -0.1) is 0 Å². The molecule has 0 spiro atoms. The van der Waals surface area contributed by atoms with Gasteiger partial charge in [-0.05, 0) is 29.7 Å². The molecule has 0 atom stereocenters. The van der Waals surface area contributed by atoms with Crippen molar-refractivity contribution in [3.05, 3.63) is 71.7 Å². The van der Waals surface area contributed by atoms with Crippen molar-refractivity contribution in [2.24, 2.45) is 5.73 Å². The lowest BCUT2D eigenvalue weighted by Crippen LogP contribution is -1.99. The van der Waals surface area contributed by atoms with E-state index in [2.05, 4.69) is 34.0 Å². The quantitative estimate of drug-likeness (QED) is 0.573. The number of aromatic nitrogens is 3. The minimum Gasteiger partial charge on any atom is -0.336 e. The van der Waals surface area contributed by atoms with Crippen molar-refractivity contribution in [3.63, 3.8) is 0 Å². The van der Waals surface area contributed by atoms with Crippen LogP contribution in [-0.2, 0) is 13.0 Å². The van der Waals surface area contributed by atoms with Crippen LogP contribution in [0.2, 0.25) is 0 Å². The van der Waals surface area contributed by atoms with E-state index in [1.807, 2.05) is 24.3 Å². The maximum absolute atomic E-state index is 14.2. The molecular formula is C21H19FN4. The molecule has 4 nitrogen and oxygen atoms in total. The molecule has 4 aromatic rings. The number of benzene rings is 2. The number of fused-ring (bicyclic) bond motifs is 1. The van der Waals surface area contributed by atoms with Gasteiger partial charge in [-0.25, -0.2) is 14.4 Å². The van der Waals surface area contributed by atoms with Gasteiger partial charge in [0.15, 0.2) is 5.65 Å². The van der Waals surface area contributed by atoms with E-state index in [4.69, 9.17) is 5.73 Å². The Morgan fingerprint density at radius 1 is 1.04 bits per heavy atom. The van der Waals surface area contributed by atoms with Crippen molar-refractivity contribution >= 4 is 11.2 Å². The van der Waals surface area contributed by atoms with Crippen LogP contribution < -0.4 is 5.73 Å². The van der Waals surface area contributed by atoms with Crippen LogP contribution in [0, 0.1) is 5.82 Å². The summed E-state index contributed by atoms with van der Waals surface area (Å²) in [6, 6.07) is 15.2. The Morgan fingerprint density at radius 3 is 2.50 bits per heavy atom. The Bertz CT molecular complexity index is 1070. The van der Waals surface area contributed by atoms with Crippen LogP contribution in [0.4, 0.5) is 4.39 Å². The van der Waals surface area contributed by atoms with Gasteiger partial charge in [0.05, 0.1) is 5.52 Å². The number of nitrogens with one attached hydrogen (secondary N) is 1. The van der Waals surface area contributed by atoms with E-state index in [9.17, 15) is 4.39 Å². The zero-order chi connectivity index (χ0) is 18.1. The number of imidazole rings is 1. The fraction of sp³-hybridized carbons (Fsp3) is 0.143. The SMILES string of the molecule is CCc1ccc(-c2nc3nccc(-c4ccc(CN)c(F)c4)c3[nH]2)cc1. The third kappa shape index (κ3) is 2.86. The molecule has 26 heavy (non-hydrogen) atoms. The first-order valence-corrected chi connectivity index (χ1v) is 8.62. The van der Waals surface area contributed by atoms with Crippen LogP contribution in [0.3, 0.4) is 0 Å². The predicted molar refractivity (Wildman–Crippen MR) is 102 cm³/mol. The largest absolute Gasteiger partial charge is 0.336 e. The summed E-state index contributed by atoms with van der Waals surface area (Å²) < 4.78 is 14.2. The van der Waals surface area contributed by atoms with E-state index in [-0.39, 0.29) is 12.4 Å². The van der Waals surface area contributed by atoms with Crippen molar-refractivity contribution in [2.75, 3.05) is 0 Å². The summed E-state index contributed by atoms with van der Waals surface area (Å²) in [6.45, 7) is 2.31. The molecule has 0 aliphatic rings. The monoisotopic (exact) mass is 346 g/mol. The Balaban J connectivity index is 1.81. The van der Waals surface area contributed by atoms with Gasteiger partial charge in [0.2, 0.25) is 0 Å². The number of halogens is 1. The lowest BCUT2D eigenvalue weighted by molar-refractivity contribution is 0.611. The van der Waals surface area contributed by atoms with E-state index < -0.39 is 0 Å². The molecule has 0 unspecified atom stereocenters. The second-order valence-electron chi connectivity index (χ2n) is 6.20. The van der Waals surface area contributed by atoms with Gasteiger partial charge >= 0.3 is 0 Å². The highest BCUT2D eigenvalue weighted by Gasteiger charge is 2.12. The fourth-order valence-electron chi connectivity index (χ4n) is 3.07.